The first-order chi connectivity index (χ1) is 7.77. The van der Waals surface area contributed by atoms with E-state index in [-0.39, 0.29) is 0 Å². The van der Waals surface area contributed by atoms with E-state index in [0.717, 1.165) is 22.8 Å². The van der Waals surface area contributed by atoms with Gasteiger partial charge in [0.2, 0.25) is 0 Å². The van der Waals surface area contributed by atoms with Gasteiger partial charge in [-0.3, -0.25) is 0 Å². The molecule has 0 amide bonds. The van der Waals surface area contributed by atoms with Crippen molar-refractivity contribution in [3.8, 4) is 0 Å². The van der Waals surface area contributed by atoms with Crippen molar-refractivity contribution >= 4 is 45.1 Å². The molecule has 1 saturated heterocycles. The second kappa shape index (κ2) is 6.07. The van der Waals surface area contributed by atoms with Crippen molar-refractivity contribution in [2.24, 2.45) is 5.92 Å². The molecule has 1 aliphatic rings. The van der Waals surface area contributed by atoms with Gasteiger partial charge < -0.3 is 5.32 Å². The maximum Gasteiger partial charge on any atom is 0.148 e. The highest BCUT2D eigenvalue weighted by atomic mass is 79.9. The molecule has 0 unspecified atom stereocenters. The van der Waals surface area contributed by atoms with Crippen LogP contribution in [0.2, 0.25) is 5.15 Å². The van der Waals surface area contributed by atoms with E-state index in [1.165, 1.54) is 30.7 Å². The number of rotatable bonds is 3. The molecule has 1 fully saturated rings. The lowest BCUT2D eigenvalue weighted by molar-refractivity contribution is 0.515. The van der Waals surface area contributed by atoms with Crippen LogP contribution in [0.25, 0.3) is 0 Å². The Morgan fingerprint density at radius 2 is 2.19 bits per heavy atom. The molecule has 88 valence electrons. The molecule has 2 heterocycles. The molecule has 1 aliphatic heterocycles. The zero-order chi connectivity index (χ0) is 11.4. The minimum absolute atomic E-state index is 0.455. The lowest BCUT2D eigenvalue weighted by atomic mass is 10.0. The largest absolute Gasteiger partial charge is 0.369 e. The Kier molecular flexibility index (Phi) is 4.73. The van der Waals surface area contributed by atoms with Gasteiger partial charge in [0, 0.05) is 6.54 Å². The van der Waals surface area contributed by atoms with Crippen molar-refractivity contribution in [2.75, 3.05) is 23.4 Å². The van der Waals surface area contributed by atoms with Crippen LogP contribution in [0.3, 0.4) is 0 Å². The van der Waals surface area contributed by atoms with E-state index < -0.39 is 0 Å². The summed E-state index contributed by atoms with van der Waals surface area (Å²) >= 11 is 11.3. The first kappa shape index (κ1) is 12.5. The van der Waals surface area contributed by atoms with E-state index >= 15 is 0 Å². The van der Waals surface area contributed by atoms with Gasteiger partial charge >= 0.3 is 0 Å². The average Bonchev–Trinajstić information content (AvgIpc) is 2.32. The third-order valence-corrected chi connectivity index (χ3v) is 4.96. The topological polar surface area (TPSA) is 37.8 Å². The fourth-order valence-corrected chi connectivity index (χ4v) is 3.35. The molecule has 0 saturated carbocycles. The van der Waals surface area contributed by atoms with Gasteiger partial charge in [0.25, 0.3) is 0 Å². The Labute approximate surface area is 113 Å². The molecule has 1 aromatic rings. The van der Waals surface area contributed by atoms with E-state index in [9.17, 15) is 0 Å². The Morgan fingerprint density at radius 3 is 2.94 bits per heavy atom. The van der Waals surface area contributed by atoms with Crippen LogP contribution in [-0.2, 0) is 0 Å². The van der Waals surface area contributed by atoms with E-state index in [1.54, 1.807) is 0 Å². The molecular formula is C10H13BrClN3S. The van der Waals surface area contributed by atoms with Gasteiger partial charge in [-0.2, -0.15) is 11.8 Å². The second-order valence-electron chi connectivity index (χ2n) is 3.76. The van der Waals surface area contributed by atoms with E-state index in [2.05, 4.69) is 31.2 Å². The van der Waals surface area contributed by atoms with Crippen LogP contribution in [0.4, 0.5) is 5.82 Å². The number of thioether (sulfide) groups is 1. The molecule has 0 atom stereocenters. The molecule has 0 aliphatic carbocycles. The molecule has 0 spiro atoms. The van der Waals surface area contributed by atoms with Gasteiger partial charge in [-0.25, -0.2) is 9.97 Å². The highest BCUT2D eigenvalue weighted by Gasteiger charge is 2.14. The second-order valence-corrected chi connectivity index (χ2v) is 6.14. The van der Waals surface area contributed by atoms with E-state index in [1.807, 2.05) is 11.8 Å². The quantitative estimate of drug-likeness (QED) is 0.865. The monoisotopic (exact) mass is 321 g/mol. The molecule has 1 aromatic heterocycles. The van der Waals surface area contributed by atoms with Crippen molar-refractivity contribution < 1.29 is 0 Å². The highest BCUT2D eigenvalue weighted by Crippen LogP contribution is 2.27. The lowest BCUT2D eigenvalue weighted by Gasteiger charge is -2.21. The summed E-state index contributed by atoms with van der Waals surface area (Å²) in [4.78, 5) is 8.06. The summed E-state index contributed by atoms with van der Waals surface area (Å²) in [7, 11) is 0. The summed E-state index contributed by atoms with van der Waals surface area (Å²) in [5.41, 5.74) is 0. The number of hydrogen-bond donors (Lipinski definition) is 1. The number of aromatic nitrogens is 2. The molecule has 0 aromatic carbocycles. The zero-order valence-corrected chi connectivity index (χ0v) is 11.9. The Hall–Kier alpha value is 0. The van der Waals surface area contributed by atoms with Crippen LogP contribution >= 0.6 is 39.3 Å². The summed E-state index contributed by atoms with van der Waals surface area (Å²) in [6.45, 7) is 0.965. The van der Waals surface area contributed by atoms with Gasteiger partial charge in [-0.1, -0.05) is 11.6 Å². The van der Waals surface area contributed by atoms with Gasteiger partial charge in [0.15, 0.2) is 0 Å². The molecule has 16 heavy (non-hydrogen) atoms. The lowest BCUT2D eigenvalue weighted by Crippen LogP contribution is -2.19. The van der Waals surface area contributed by atoms with Crippen LogP contribution in [0.5, 0.6) is 0 Å². The van der Waals surface area contributed by atoms with Crippen molar-refractivity contribution in [3.63, 3.8) is 0 Å². The van der Waals surface area contributed by atoms with Crippen LogP contribution < -0.4 is 5.32 Å². The predicted octanol–water partition coefficient (Wildman–Crippen LogP) is 3.45. The average molecular weight is 323 g/mol. The number of hydrogen-bond acceptors (Lipinski definition) is 4. The summed E-state index contributed by atoms with van der Waals surface area (Å²) in [6.07, 6.45) is 4.05. The molecule has 0 radical (unpaired) electrons. The first-order valence-electron chi connectivity index (χ1n) is 5.25. The van der Waals surface area contributed by atoms with Crippen LogP contribution in [-0.4, -0.2) is 28.0 Å². The molecule has 2 rings (SSSR count). The standard InChI is InChI=1S/C10H13BrClN3S/c11-8-9(12)14-6-15-10(8)13-5-7-1-3-16-4-2-7/h6-7H,1-5H2,(H,13,14,15). The fourth-order valence-electron chi connectivity index (χ4n) is 1.66. The van der Waals surface area contributed by atoms with Crippen molar-refractivity contribution in [1.29, 1.82) is 0 Å². The minimum Gasteiger partial charge on any atom is -0.369 e. The van der Waals surface area contributed by atoms with Crippen molar-refractivity contribution in [3.05, 3.63) is 16.0 Å². The summed E-state index contributed by atoms with van der Waals surface area (Å²) in [5.74, 6) is 4.09. The predicted molar refractivity (Wildman–Crippen MR) is 73.3 cm³/mol. The fraction of sp³-hybridized carbons (Fsp3) is 0.600. The summed E-state index contributed by atoms with van der Waals surface area (Å²) in [5, 5.41) is 3.79. The molecule has 0 bridgehead atoms. The Balaban J connectivity index is 1.91. The molecule has 1 N–H and O–H groups in total. The molecule has 6 heteroatoms. The maximum atomic E-state index is 5.89. The summed E-state index contributed by atoms with van der Waals surface area (Å²) < 4.78 is 0.752. The van der Waals surface area contributed by atoms with Gasteiger partial charge in [0.05, 0.1) is 4.47 Å². The smallest absolute Gasteiger partial charge is 0.148 e. The SMILES string of the molecule is Clc1ncnc(NCC2CCSCC2)c1Br. The number of nitrogens with zero attached hydrogens (tertiary/aromatic N) is 2. The first-order valence-corrected chi connectivity index (χ1v) is 7.57. The maximum absolute atomic E-state index is 5.89. The van der Waals surface area contributed by atoms with Crippen LogP contribution in [0, 0.1) is 5.92 Å². The Morgan fingerprint density at radius 1 is 1.44 bits per heavy atom. The van der Waals surface area contributed by atoms with Gasteiger partial charge in [0.1, 0.15) is 17.3 Å². The molecular weight excluding hydrogens is 310 g/mol. The zero-order valence-electron chi connectivity index (χ0n) is 8.75. The summed E-state index contributed by atoms with van der Waals surface area (Å²) in [6, 6.07) is 0. The van der Waals surface area contributed by atoms with Crippen LogP contribution in [0.15, 0.2) is 10.8 Å². The van der Waals surface area contributed by atoms with Crippen molar-refractivity contribution in [2.45, 2.75) is 12.8 Å². The molecule has 3 nitrogen and oxygen atoms in total. The third kappa shape index (κ3) is 3.25. The van der Waals surface area contributed by atoms with E-state index in [0.29, 0.717) is 5.15 Å². The van der Waals surface area contributed by atoms with Crippen LogP contribution in [0.1, 0.15) is 12.8 Å². The van der Waals surface area contributed by atoms with Gasteiger partial charge in [-0.15, -0.1) is 0 Å². The third-order valence-electron chi connectivity index (χ3n) is 2.65. The Bertz CT molecular complexity index is 358. The minimum atomic E-state index is 0.455. The highest BCUT2D eigenvalue weighted by molar-refractivity contribution is 9.10. The normalized spacial score (nSPS) is 17.4. The van der Waals surface area contributed by atoms with E-state index in [4.69, 9.17) is 11.6 Å². The number of nitrogens with one attached hydrogen (secondary N) is 1. The van der Waals surface area contributed by atoms with Gasteiger partial charge in [-0.05, 0) is 46.2 Å². The number of halogens is 2. The number of anilines is 1. The van der Waals surface area contributed by atoms with Crippen molar-refractivity contribution in [1.82, 2.24) is 9.97 Å².